The fourth-order valence-corrected chi connectivity index (χ4v) is 4.86. The first-order valence-electron chi connectivity index (χ1n) is 11.4. The van der Waals surface area contributed by atoms with Gasteiger partial charge in [0.15, 0.2) is 5.69 Å². The molecule has 2 fully saturated rings. The molecule has 0 radical (unpaired) electrons. The Morgan fingerprint density at radius 3 is 2.37 bits per heavy atom. The van der Waals surface area contributed by atoms with Gasteiger partial charge in [0.1, 0.15) is 11.2 Å². The number of likely N-dealkylation sites (tertiary alicyclic amines) is 1. The molecule has 3 amide bonds. The van der Waals surface area contributed by atoms with Crippen LogP contribution in [0.1, 0.15) is 85.7 Å². The van der Waals surface area contributed by atoms with Crippen LogP contribution in [-0.4, -0.2) is 69.0 Å². The molecule has 1 N–H and O–H groups in total. The SMILES string of the molecule is CN1C(=O)c2cc(C(=O)N3CCCCC3)nn2C[C@@]1(C)C(=O)NC1CCCCCC1. The summed E-state index contributed by atoms with van der Waals surface area (Å²) in [6.07, 6.45) is 9.80. The third-order valence-electron chi connectivity index (χ3n) is 7.04. The molecule has 3 heterocycles. The molecule has 30 heavy (non-hydrogen) atoms. The zero-order chi connectivity index (χ0) is 21.3. The zero-order valence-corrected chi connectivity index (χ0v) is 18.2. The normalized spacial score (nSPS) is 25.6. The Bertz CT molecular complexity index is 821. The highest BCUT2D eigenvalue weighted by Gasteiger charge is 2.47. The number of carbonyl (C=O) groups excluding carboxylic acids is 3. The van der Waals surface area contributed by atoms with Crippen molar-refractivity contribution in [2.24, 2.45) is 0 Å². The summed E-state index contributed by atoms with van der Waals surface area (Å²) in [7, 11) is 1.66. The molecule has 164 valence electrons. The van der Waals surface area contributed by atoms with Gasteiger partial charge < -0.3 is 15.1 Å². The molecule has 1 saturated carbocycles. The second kappa shape index (κ2) is 8.40. The van der Waals surface area contributed by atoms with Crippen LogP contribution in [0.15, 0.2) is 6.07 Å². The van der Waals surface area contributed by atoms with E-state index in [4.69, 9.17) is 0 Å². The minimum Gasteiger partial charge on any atom is -0.351 e. The summed E-state index contributed by atoms with van der Waals surface area (Å²) in [5.74, 6) is -0.545. The number of hydrogen-bond donors (Lipinski definition) is 1. The molecule has 0 spiro atoms. The standard InChI is InChI=1S/C22H33N5O3/c1-22(21(30)23-16-10-6-3-4-7-11-16)15-27-18(20(29)25(22)2)14-17(24-27)19(28)26-12-8-5-9-13-26/h14,16H,3-13,15H2,1-2H3,(H,23,30)/t22-/m0/s1. The molecular formula is C22H33N5O3. The van der Waals surface area contributed by atoms with Crippen molar-refractivity contribution in [3.63, 3.8) is 0 Å². The fourth-order valence-electron chi connectivity index (χ4n) is 4.86. The van der Waals surface area contributed by atoms with E-state index in [1.165, 1.54) is 17.7 Å². The minimum atomic E-state index is -1.03. The second-order valence-electron chi connectivity index (χ2n) is 9.23. The van der Waals surface area contributed by atoms with E-state index in [1.54, 1.807) is 24.7 Å². The first-order valence-corrected chi connectivity index (χ1v) is 11.4. The Labute approximate surface area is 178 Å². The van der Waals surface area contributed by atoms with Crippen molar-refractivity contribution in [2.75, 3.05) is 20.1 Å². The van der Waals surface area contributed by atoms with Gasteiger partial charge in [0.2, 0.25) is 5.91 Å². The van der Waals surface area contributed by atoms with E-state index < -0.39 is 5.54 Å². The van der Waals surface area contributed by atoms with Crippen molar-refractivity contribution < 1.29 is 14.4 Å². The average molecular weight is 416 g/mol. The van der Waals surface area contributed by atoms with Crippen LogP contribution in [-0.2, 0) is 11.3 Å². The highest BCUT2D eigenvalue weighted by Crippen LogP contribution is 2.27. The summed E-state index contributed by atoms with van der Waals surface area (Å²) in [6, 6.07) is 1.74. The largest absolute Gasteiger partial charge is 0.351 e. The number of nitrogens with one attached hydrogen (secondary N) is 1. The lowest BCUT2D eigenvalue weighted by atomic mass is 9.95. The van der Waals surface area contributed by atoms with Crippen molar-refractivity contribution in [2.45, 2.75) is 82.8 Å². The smallest absolute Gasteiger partial charge is 0.274 e. The molecular weight excluding hydrogens is 382 g/mol. The van der Waals surface area contributed by atoms with Gasteiger partial charge in [0.05, 0.1) is 6.54 Å². The van der Waals surface area contributed by atoms with E-state index in [0.29, 0.717) is 11.4 Å². The van der Waals surface area contributed by atoms with Gasteiger partial charge >= 0.3 is 0 Å². The number of amides is 3. The van der Waals surface area contributed by atoms with Gasteiger partial charge in [-0.2, -0.15) is 5.10 Å². The van der Waals surface area contributed by atoms with Crippen LogP contribution in [0.2, 0.25) is 0 Å². The lowest BCUT2D eigenvalue weighted by Crippen LogP contribution is -2.63. The van der Waals surface area contributed by atoms with Crippen LogP contribution in [0, 0.1) is 0 Å². The molecule has 3 aliphatic rings. The molecule has 0 bridgehead atoms. The van der Waals surface area contributed by atoms with Crippen LogP contribution in [0.25, 0.3) is 0 Å². The lowest BCUT2D eigenvalue weighted by molar-refractivity contribution is -0.133. The Morgan fingerprint density at radius 2 is 1.70 bits per heavy atom. The van der Waals surface area contributed by atoms with Gasteiger partial charge in [-0.1, -0.05) is 25.7 Å². The lowest BCUT2D eigenvalue weighted by Gasteiger charge is -2.41. The Kier molecular flexibility index (Phi) is 5.84. The molecule has 0 aromatic carbocycles. The van der Waals surface area contributed by atoms with Crippen molar-refractivity contribution in [1.29, 1.82) is 0 Å². The van der Waals surface area contributed by atoms with Crippen LogP contribution in [0.4, 0.5) is 0 Å². The second-order valence-corrected chi connectivity index (χ2v) is 9.23. The molecule has 8 heteroatoms. The maximum atomic E-state index is 13.2. The molecule has 1 aliphatic carbocycles. The number of likely N-dealkylation sites (N-methyl/N-ethyl adjacent to an activating group) is 1. The third kappa shape index (κ3) is 3.84. The summed E-state index contributed by atoms with van der Waals surface area (Å²) >= 11 is 0. The predicted molar refractivity (Wildman–Crippen MR) is 112 cm³/mol. The molecule has 1 saturated heterocycles. The van der Waals surface area contributed by atoms with Crippen molar-refractivity contribution >= 4 is 17.7 Å². The van der Waals surface area contributed by atoms with E-state index in [9.17, 15) is 14.4 Å². The van der Waals surface area contributed by atoms with Crippen molar-refractivity contribution in [1.82, 2.24) is 24.9 Å². The molecule has 1 atom stereocenters. The number of fused-ring (bicyclic) bond motifs is 1. The quantitative estimate of drug-likeness (QED) is 0.767. The van der Waals surface area contributed by atoms with E-state index >= 15 is 0 Å². The number of rotatable bonds is 3. The predicted octanol–water partition coefficient (Wildman–Crippen LogP) is 2.19. The van der Waals surface area contributed by atoms with E-state index in [0.717, 1.165) is 58.0 Å². The number of carbonyl (C=O) groups is 3. The Hall–Kier alpha value is -2.38. The summed E-state index contributed by atoms with van der Waals surface area (Å²) in [4.78, 5) is 42.4. The number of hydrogen-bond acceptors (Lipinski definition) is 4. The summed E-state index contributed by atoms with van der Waals surface area (Å²) in [5.41, 5.74) is -0.368. The third-order valence-corrected chi connectivity index (χ3v) is 7.04. The minimum absolute atomic E-state index is 0.128. The van der Waals surface area contributed by atoms with Crippen LogP contribution >= 0.6 is 0 Å². The topological polar surface area (TPSA) is 87.5 Å². The van der Waals surface area contributed by atoms with Gasteiger partial charge in [-0.3, -0.25) is 19.1 Å². The molecule has 1 aromatic rings. The van der Waals surface area contributed by atoms with Crippen LogP contribution in [0.3, 0.4) is 0 Å². The van der Waals surface area contributed by atoms with Crippen molar-refractivity contribution in [3.05, 3.63) is 17.5 Å². The zero-order valence-electron chi connectivity index (χ0n) is 18.2. The summed E-state index contributed by atoms with van der Waals surface area (Å²) in [5, 5.41) is 7.63. The first-order chi connectivity index (χ1) is 14.4. The molecule has 4 rings (SSSR count). The Balaban J connectivity index is 1.53. The van der Waals surface area contributed by atoms with Gasteiger partial charge in [-0.25, -0.2) is 0 Å². The highest BCUT2D eigenvalue weighted by molar-refractivity contribution is 6.01. The number of nitrogens with zero attached hydrogens (tertiary/aromatic N) is 4. The molecule has 1 aromatic heterocycles. The monoisotopic (exact) mass is 415 g/mol. The maximum absolute atomic E-state index is 13.2. The number of aromatic nitrogens is 2. The Morgan fingerprint density at radius 1 is 1.07 bits per heavy atom. The van der Waals surface area contributed by atoms with E-state index in [-0.39, 0.29) is 30.3 Å². The van der Waals surface area contributed by atoms with Crippen LogP contribution in [0.5, 0.6) is 0 Å². The van der Waals surface area contributed by atoms with Gasteiger partial charge in [0, 0.05) is 32.2 Å². The van der Waals surface area contributed by atoms with Gasteiger partial charge in [0.25, 0.3) is 11.8 Å². The van der Waals surface area contributed by atoms with Gasteiger partial charge in [-0.05, 0) is 39.0 Å². The average Bonchev–Trinajstić information content (AvgIpc) is 3.00. The van der Waals surface area contributed by atoms with E-state index in [2.05, 4.69) is 10.4 Å². The van der Waals surface area contributed by atoms with Gasteiger partial charge in [-0.15, -0.1) is 0 Å². The molecule has 8 nitrogen and oxygen atoms in total. The number of piperidine rings is 1. The molecule has 2 aliphatic heterocycles. The summed E-state index contributed by atoms with van der Waals surface area (Å²) < 4.78 is 1.55. The maximum Gasteiger partial charge on any atom is 0.274 e. The van der Waals surface area contributed by atoms with Crippen LogP contribution < -0.4 is 5.32 Å². The molecule has 0 unspecified atom stereocenters. The van der Waals surface area contributed by atoms with E-state index in [1.807, 2.05) is 4.90 Å². The first kappa shape index (κ1) is 20.9. The summed E-state index contributed by atoms with van der Waals surface area (Å²) in [6.45, 7) is 3.50. The highest BCUT2D eigenvalue weighted by atomic mass is 16.2. The van der Waals surface area contributed by atoms with Crippen molar-refractivity contribution in [3.8, 4) is 0 Å². The fraction of sp³-hybridized carbons (Fsp3) is 0.727.